The lowest BCUT2D eigenvalue weighted by molar-refractivity contribution is -0.128. The van der Waals surface area contributed by atoms with Crippen molar-refractivity contribution in [2.24, 2.45) is 5.92 Å². The van der Waals surface area contributed by atoms with Crippen LogP contribution in [0.4, 0.5) is 4.39 Å². The van der Waals surface area contributed by atoms with E-state index in [1.165, 1.54) is 29.2 Å². The average Bonchev–Trinajstić information content (AvgIpc) is 2.76. The van der Waals surface area contributed by atoms with Crippen molar-refractivity contribution >= 4 is 11.8 Å². The third-order valence-corrected chi connectivity index (χ3v) is 3.44. The second-order valence-electron chi connectivity index (χ2n) is 4.99. The topological polar surface area (TPSA) is 69.6 Å². The molecule has 0 saturated carbocycles. The first-order valence-corrected chi connectivity index (χ1v) is 6.42. The molecule has 6 heteroatoms. The van der Waals surface area contributed by atoms with Gasteiger partial charge in [0.05, 0.1) is 12.0 Å². The van der Waals surface area contributed by atoms with Crippen LogP contribution in [0.25, 0.3) is 0 Å². The number of carbonyl (C=O) groups is 2. The quantitative estimate of drug-likeness (QED) is 0.841. The van der Waals surface area contributed by atoms with Crippen LogP contribution in [-0.4, -0.2) is 42.0 Å². The van der Waals surface area contributed by atoms with Crippen molar-refractivity contribution in [1.29, 1.82) is 0 Å². The molecular formula is C14H17FN2O3. The van der Waals surface area contributed by atoms with Crippen LogP contribution in [0, 0.1) is 11.7 Å². The summed E-state index contributed by atoms with van der Waals surface area (Å²) in [4.78, 5) is 24.7. The minimum atomic E-state index is -0.894. The van der Waals surface area contributed by atoms with Crippen LogP contribution in [0.5, 0.6) is 0 Å². The summed E-state index contributed by atoms with van der Waals surface area (Å²) < 4.78 is 12.8. The van der Waals surface area contributed by atoms with E-state index in [-0.39, 0.29) is 36.5 Å². The van der Waals surface area contributed by atoms with Crippen molar-refractivity contribution in [3.63, 3.8) is 0 Å². The van der Waals surface area contributed by atoms with Gasteiger partial charge in [-0.1, -0.05) is 12.1 Å². The Balaban J connectivity index is 1.84. The number of nitrogens with one attached hydrogen (secondary N) is 1. The summed E-state index contributed by atoms with van der Waals surface area (Å²) >= 11 is 0. The number of likely N-dealkylation sites (tertiary alicyclic amines) is 1. The molecule has 1 saturated heterocycles. The zero-order valence-corrected chi connectivity index (χ0v) is 11.2. The van der Waals surface area contributed by atoms with Crippen molar-refractivity contribution < 1.29 is 19.1 Å². The molecule has 1 fully saturated rings. The van der Waals surface area contributed by atoms with Gasteiger partial charge in [-0.25, -0.2) is 4.39 Å². The van der Waals surface area contributed by atoms with Crippen molar-refractivity contribution in [2.45, 2.75) is 12.5 Å². The predicted molar refractivity (Wildman–Crippen MR) is 70.1 cm³/mol. The summed E-state index contributed by atoms with van der Waals surface area (Å²) in [6.07, 6.45) is -0.691. The van der Waals surface area contributed by atoms with Gasteiger partial charge in [-0.05, 0) is 17.7 Å². The molecule has 2 N–H and O–H groups in total. The summed E-state index contributed by atoms with van der Waals surface area (Å²) in [5, 5.41) is 12.5. The van der Waals surface area contributed by atoms with Crippen LogP contribution < -0.4 is 5.32 Å². The molecule has 2 atom stereocenters. The highest BCUT2D eigenvalue weighted by atomic mass is 19.1. The zero-order chi connectivity index (χ0) is 14.7. The van der Waals surface area contributed by atoms with E-state index in [4.69, 9.17) is 0 Å². The SMILES string of the molecule is CN1CC(C(=O)NCC(O)c2ccc(F)cc2)CC1=O. The van der Waals surface area contributed by atoms with E-state index < -0.39 is 6.10 Å². The molecule has 5 nitrogen and oxygen atoms in total. The fourth-order valence-electron chi connectivity index (χ4n) is 2.18. The Bertz CT molecular complexity index is 504. The van der Waals surface area contributed by atoms with E-state index in [9.17, 15) is 19.1 Å². The first kappa shape index (κ1) is 14.5. The highest BCUT2D eigenvalue weighted by Gasteiger charge is 2.32. The molecule has 2 amide bonds. The van der Waals surface area contributed by atoms with Crippen LogP contribution in [0.2, 0.25) is 0 Å². The maximum absolute atomic E-state index is 12.8. The number of rotatable bonds is 4. The first-order valence-electron chi connectivity index (χ1n) is 6.42. The lowest BCUT2D eigenvalue weighted by Gasteiger charge is -2.14. The Kier molecular flexibility index (Phi) is 4.34. The Labute approximate surface area is 116 Å². The van der Waals surface area contributed by atoms with E-state index >= 15 is 0 Å². The van der Waals surface area contributed by atoms with Crippen LogP contribution >= 0.6 is 0 Å². The van der Waals surface area contributed by atoms with Gasteiger partial charge in [-0.15, -0.1) is 0 Å². The molecule has 1 heterocycles. The highest BCUT2D eigenvalue weighted by Crippen LogP contribution is 2.17. The summed E-state index contributed by atoms with van der Waals surface area (Å²) in [5.74, 6) is -1.04. The average molecular weight is 280 g/mol. The largest absolute Gasteiger partial charge is 0.387 e. The molecule has 1 aromatic rings. The molecular weight excluding hydrogens is 263 g/mol. The monoisotopic (exact) mass is 280 g/mol. The summed E-state index contributed by atoms with van der Waals surface area (Å²) in [5.41, 5.74) is 0.534. The molecule has 1 aliphatic heterocycles. The summed E-state index contributed by atoms with van der Waals surface area (Å²) in [7, 11) is 1.66. The minimum absolute atomic E-state index is 0.0405. The number of halogens is 1. The maximum atomic E-state index is 12.8. The third kappa shape index (κ3) is 3.33. The molecule has 0 radical (unpaired) electrons. The first-order chi connectivity index (χ1) is 9.47. The smallest absolute Gasteiger partial charge is 0.225 e. The van der Waals surface area contributed by atoms with E-state index in [2.05, 4.69) is 5.32 Å². The van der Waals surface area contributed by atoms with Crippen LogP contribution in [0.1, 0.15) is 18.1 Å². The second-order valence-corrected chi connectivity index (χ2v) is 4.99. The number of aliphatic hydroxyl groups excluding tert-OH is 1. The van der Waals surface area contributed by atoms with Gasteiger partial charge in [0.15, 0.2) is 0 Å². The molecule has 0 spiro atoms. The van der Waals surface area contributed by atoms with E-state index in [0.717, 1.165) is 0 Å². The second kappa shape index (κ2) is 6.00. The molecule has 2 rings (SSSR count). The molecule has 0 bridgehead atoms. The highest BCUT2D eigenvalue weighted by molar-refractivity contribution is 5.89. The van der Waals surface area contributed by atoms with E-state index in [1.54, 1.807) is 7.05 Å². The minimum Gasteiger partial charge on any atom is -0.387 e. The fraction of sp³-hybridized carbons (Fsp3) is 0.429. The zero-order valence-electron chi connectivity index (χ0n) is 11.2. The van der Waals surface area contributed by atoms with Crippen molar-refractivity contribution in [3.05, 3.63) is 35.6 Å². The Hall–Kier alpha value is -1.95. The molecule has 2 unspecified atom stereocenters. The Morgan fingerprint density at radius 2 is 2.15 bits per heavy atom. The number of carbonyl (C=O) groups excluding carboxylic acids is 2. The van der Waals surface area contributed by atoms with Crippen LogP contribution in [0.15, 0.2) is 24.3 Å². The number of amides is 2. The predicted octanol–water partition coefficient (Wildman–Crippen LogP) is 0.454. The van der Waals surface area contributed by atoms with Gasteiger partial charge >= 0.3 is 0 Å². The molecule has 0 aromatic heterocycles. The number of aliphatic hydroxyl groups is 1. The van der Waals surface area contributed by atoms with Gasteiger partial charge in [-0.2, -0.15) is 0 Å². The molecule has 0 aliphatic carbocycles. The van der Waals surface area contributed by atoms with E-state index in [0.29, 0.717) is 12.1 Å². The Morgan fingerprint density at radius 1 is 1.50 bits per heavy atom. The Morgan fingerprint density at radius 3 is 2.70 bits per heavy atom. The summed E-state index contributed by atoms with van der Waals surface area (Å²) in [6, 6.07) is 5.45. The number of nitrogens with zero attached hydrogens (tertiary/aromatic N) is 1. The third-order valence-electron chi connectivity index (χ3n) is 3.44. The number of benzene rings is 1. The van der Waals surface area contributed by atoms with Crippen molar-refractivity contribution in [2.75, 3.05) is 20.1 Å². The molecule has 1 aliphatic rings. The van der Waals surface area contributed by atoms with Gasteiger partial charge in [0.1, 0.15) is 5.82 Å². The van der Waals surface area contributed by atoms with Gasteiger partial charge < -0.3 is 15.3 Å². The van der Waals surface area contributed by atoms with Gasteiger partial charge in [0.2, 0.25) is 11.8 Å². The lowest BCUT2D eigenvalue weighted by atomic mass is 10.1. The number of hydrogen-bond donors (Lipinski definition) is 2. The molecule has 1 aromatic carbocycles. The van der Waals surface area contributed by atoms with Crippen LogP contribution in [-0.2, 0) is 9.59 Å². The molecule has 20 heavy (non-hydrogen) atoms. The molecule has 108 valence electrons. The van der Waals surface area contributed by atoms with E-state index in [1.807, 2.05) is 0 Å². The summed E-state index contributed by atoms with van der Waals surface area (Å²) in [6.45, 7) is 0.441. The standard InChI is InChI=1S/C14H17FN2O3/c1-17-8-10(6-13(17)19)14(20)16-7-12(18)9-2-4-11(15)5-3-9/h2-5,10,12,18H,6-8H2,1H3,(H,16,20). The fourth-order valence-corrected chi connectivity index (χ4v) is 2.18. The van der Waals surface area contributed by atoms with Crippen LogP contribution in [0.3, 0.4) is 0 Å². The van der Waals surface area contributed by atoms with Crippen molar-refractivity contribution in [3.8, 4) is 0 Å². The van der Waals surface area contributed by atoms with Gasteiger partial charge in [-0.3, -0.25) is 9.59 Å². The number of hydrogen-bond acceptors (Lipinski definition) is 3. The maximum Gasteiger partial charge on any atom is 0.225 e. The van der Waals surface area contributed by atoms with Crippen molar-refractivity contribution in [1.82, 2.24) is 10.2 Å². The van der Waals surface area contributed by atoms with Gasteiger partial charge in [0.25, 0.3) is 0 Å². The normalized spacial score (nSPS) is 20.1. The lowest BCUT2D eigenvalue weighted by Crippen LogP contribution is -2.34. The van der Waals surface area contributed by atoms with Gasteiger partial charge in [0, 0.05) is 26.6 Å².